The van der Waals surface area contributed by atoms with Crippen LogP contribution in [-0.4, -0.2) is 40.9 Å². The van der Waals surface area contributed by atoms with Gasteiger partial charge in [-0.15, -0.1) is 0 Å². The molecule has 4 atom stereocenters. The molecule has 6 nitrogen and oxygen atoms in total. The number of carbonyl (C=O) groups excluding carboxylic acids is 2. The van der Waals surface area contributed by atoms with Crippen molar-refractivity contribution in [2.24, 2.45) is 23.7 Å². The second kappa shape index (κ2) is 7.72. The second-order valence-electron chi connectivity index (χ2n) is 7.00. The number of nitrogens with one attached hydrogen (secondary N) is 1. The number of hydrogen-bond acceptors (Lipinski definition) is 3. The van der Waals surface area contributed by atoms with E-state index in [0.717, 1.165) is 0 Å². The Labute approximate surface area is 163 Å². The fraction of sp³-hybridized carbons (Fsp3) is 0.450. The predicted octanol–water partition coefficient (Wildman–Crippen LogP) is 3.28. The number of carbonyl (C=O) groups is 3. The Hall–Kier alpha value is -2.34. The third kappa shape index (κ3) is 3.58. The molecule has 144 valence electrons. The fourth-order valence-electron chi connectivity index (χ4n) is 4.19. The molecule has 0 aliphatic heterocycles. The Morgan fingerprint density at radius 2 is 1.78 bits per heavy atom. The summed E-state index contributed by atoms with van der Waals surface area (Å²) in [5, 5.41) is 12.5. The Morgan fingerprint density at radius 1 is 1.15 bits per heavy atom. The second-order valence-corrected chi connectivity index (χ2v) is 7.41. The van der Waals surface area contributed by atoms with Crippen molar-refractivity contribution < 1.29 is 19.5 Å². The van der Waals surface area contributed by atoms with Crippen LogP contribution in [0.4, 0.5) is 5.69 Å². The molecule has 1 saturated carbocycles. The molecule has 27 heavy (non-hydrogen) atoms. The maximum absolute atomic E-state index is 12.7. The number of carboxylic acid groups (broad SMARTS) is 1. The number of fused-ring (bicyclic) bond motifs is 2. The molecule has 1 aromatic rings. The predicted molar refractivity (Wildman–Crippen MR) is 103 cm³/mol. The highest BCUT2D eigenvalue weighted by atomic mass is 35.5. The minimum atomic E-state index is -0.940. The van der Waals surface area contributed by atoms with E-state index in [4.69, 9.17) is 11.6 Å². The molecule has 2 amide bonds. The summed E-state index contributed by atoms with van der Waals surface area (Å²) in [6.07, 6.45) is 4.54. The van der Waals surface area contributed by atoms with E-state index in [1.54, 1.807) is 17.0 Å². The number of amides is 2. The monoisotopic (exact) mass is 390 g/mol. The van der Waals surface area contributed by atoms with Gasteiger partial charge in [0.1, 0.15) is 0 Å². The SMILES string of the molecule is CCN(CC)C(=O)c1ccc(NC(=O)C2C3C=CC(C3)C2C(=O)O)cc1Cl. The van der Waals surface area contributed by atoms with Crippen molar-refractivity contribution in [3.8, 4) is 0 Å². The van der Waals surface area contributed by atoms with Gasteiger partial charge in [0.05, 0.1) is 22.4 Å². The summed E-state index contributed by atoms with van der Waals surface area (Å²) < 4.78 is 0. The maximum Gasteiger partial charge on any atom is 0.307 e. The number of benzene rings is 1. The minimum Gasteiger partial charge on any atom is -0.481 e. The largest absolute Gasteiger partial charge is 0.481 e. The van der Waals surface area contributed by atoms with Crippen LogP contribution in [0.5, 0.6) is 0 Å². The number of nitrogens with zero attached hydrogens (tertiary/aromatic N) is 1. The van der Waals surface area contributed by atoms with Crippen molar-refractivity contribution in [2.75, 3.05) is 18.4 Å². The minimum absolute atomic E-state index is 0.0462. The van der Waals surface area contributed by atoms with Crippen LogP contribution in [0.25, 0.3) is 0 Å². The van der Waals surface area contributed by atoms with E-state index in [9.17, 15) is 19.5 Å². The first-order valence-corrected chi connectivity index (χ1v) is 9.56. The molecular formula is C20H23ClN2O4. The lowest BCUT2D eigenvalue weighted by Crippen LogP contribution is -2.36. The molecule has 0 aromatic heterocycles. The maximum atomic E-state index is 12.7. The zero-order valence-electron chi connectivity index (χ0n) is 15.3. The number of aliphatic carboxylic acids is 1. The van der Waals surface area contributed by atoms with E-state index >= 15 is 0 Å². The first-order chi connectivity index (χ1) is 12.9. The summed E-state index contributed by atoms with van der Waals surface area (Å²) in [7, 11) is 0. The fourth-order valence-corrected chi connectivity index (χ4v) is 4.45. The van der Waals surface area contributed by atoms with Gasteiger partial charge in [-0.3, -0.25) is 14.4 Å². The zero-order chi connectivity index (χ0) is 19.7. The molecule has 2 N–H and O–H groups in total. The Morgan fingerprint density at radius 3 is 2.33 bits per heavy atom. The van der Waals surface area contributed by atoms with Gasteiger partial charge in [-0.05, 0) is 50.3 Å². The van der Waals surface area contributed by atoms with Crippen LogP contribution in [0.15, 0.2) is 30.4 Å². The summed E-state index contributed by atoms with van der Waals surface area (Å²) in [4.78, 5) is 38.4. The molecule has 3 rings (SSSR count). The highest BCUT2D eigenvalue weighted by Crippen LogP contribution is 2.48. The smallest absolute Gasteiger partial charge is 0.307 e. The topological polar surface area (TPSA) is 86.7 Å². The Kier molecular flexibility index (Phi) is 5.56. The van der Waals surface area contributed by atoms with E-state index in [1.165, 1.54) is 6.07 Å². The number of hydrogen-bond donors (Lipinski definition) is 2. The van der Waals surface area contributed by atoms with Gasteiger partial charge in [0, 0.05) is 18.8 Å². The lowest BCUT2D eigenvalue weighted by atomic mass is 9.82. The van der Waals surface area contributed by atoms with Crippen LogP contribution in [0.1, 0.15) is 30.6 Å². The number of rotatable bonds is 6. The Balaban J connectivity index is 1.76. The quantitative estimate of drug-likeness (QED) is 0.730. The molecular weight excluding hydrogens is 368 g/mol. The molecule has 7 heteroatoms. The van der Waals surface area contributed by atoms with Crippen molar-refractivity contribution in [1.82, 2.24) is 4.90 Å². The molecule has 4 unspecified atom stereocenters. The summed E-state index contributed by atoms with van der Waals surface area (Å²) in [5.41, 5.74) is 0.835. The highest BCUT2D eigenvalue weighted by molar-refractivity contribution is 6.34. The van der Waals surface area contributed by atoms with Crippen molar-refractivity contribution in [3.05, 3.63) is 40.9 Å². The third-order valence-corrected chi connectivity index (χ3v) is 5.88. The van der Waals surface area contributed by atoms with Gasteiger partial charge in [-0.2, -0.15) is 0 Å². The molecule has 0 radical (unpaired) electrons. The van der Waals surface area contributed by atoms with Crippen molar-refractivity contribution in [2.45, 2.75) is 20.3 Å². The molecule has 0 saturated heterocycles. The molecule has 2 aliphatic rings. The van der Waals surface area contributed by atoms with Crippen LogP contribution in [0.2, 0.25) is 5.02 Å². The molecule has 0 heterocycles. The number of halogens is 1. The van der Waals surface area contributed by atoms with Crippen LogP contribution in [-0.2, 0) is 9.59 Å². The van der Waals surface area contributed by atoms with E-state index < -0.39 is 17.8 Å². The first kappa shape index (κ1) is 19.4. The van der Waals surface area contributed by atoms with Gasteiger partial charge >= 0.3 is 5.97 Å². The molecule has 2 bridgehead atoms. The van der Waals surface area contributed by atoms with E-state index in [2.05, 4.69) is 5.32 Å². The summed E-state index contributed by atoms with van der Waals surface area (Å²) in [5.74, 6) is -2.83. The van der Waals surface area contributed by atoms with Crippen LogP contribution >= 0.6 is 11.6 Å². The summed E-state index contributed by atoms with van der Waals surface area (Å²) >= 11 is 6.26. The first-order valence-electron chi connectivity index (χ1n) is 9.18. The van der Waals surface area contributed by atoms with Crippen LogP contribution in [0, 0.1) is 23.7 Å². The van der Waals surface area contributed by atoms with Gasteiger partial charge in [0.15, 0.2) is 0 Å². The summed E-state index contributed by atoms with van der Waals surface area (Å²) in [6, 6.07) is 4.75. The highest BCUT2D eigenvalue weighted by Gasteiger charge is 2.51. The van der Waals surface area contributed by atoms with Gasteiger partial charge in [0.2, 0.25) is 5.91 Å². The van der Waals surface area contributed by atoms with Crippen molar-refractivity contribution in [3.63, 3.8) is 0 Å². The molecule has 1 fully saturated rings. The van der Waals surface area contributed by atoms with Gasteiger partial charge in [0.25, 0.3) is 5.91 Å². The average Bonchev–Trinajstić information content (AvgIpc) is 3.24. The van der Waals surface area contributed by atoms with E-state index in [1.807, 2.05) is 26.0 Å². The zero-order valence-corrected chi connectivity index (χ0v) is 16.1. The normalized spacial score (nSPS) is 25.4. The number of carboxylic acids is 1. The number of allylic oxidation sites excluding steroid dienone is 2. The van der Waals surface area contributed by atoms with Gasteiger partial charge in [-0.1, -0.05) is 23.8 Å². The summed E-state index contributed by atoms with van der Waals surface area (Å²) in [6.45, 7) is 4.95. The number of anilines is 1. The third-order valence-electron chi connectivity index (χ3n) is 5.56. The molecule has 2 aliphatic carbocycles. The standard InChI is InChI=1S/C20H23ClN2O4/c1-3-23(4-2)19(25)14-8-7-13(10-15(14)21)22-18(24)16-11-5-6-12(9-11)17(16)20(26)27/h5-8,10-12,16-17H,3-4,9H2,1-2H3,(H,22,24)(H,26,27). The van der Waals surface area contributed by atoms with Gasteiger partial charge in [-0.25, -0.2) is 0 Å². The van der Waals surface area contributed by atoms with Gasteiger partial charge < -0.3 is 15.3 Å². The van der Waals surface area contributed by atoms with Crippen LogP contribution in [0.3, 0.4) is 0 Å². The average molecular weight is 391 g/mol. The van der Waals surface area contributed by atoms with Crippen molar-refractivity contribution in [1.29, 1.82) is 0 Å². The Bertz CT molecular complexity index is 803. The van der Waals surface area contributed by atoms with Crippen LogP contribution < -0.4 is 5.32 Å². The molecule has 1 aromatic carbocycles. The van der Waals surface area contributed by atoms with Crippen molar-refractivity contribution >= 4 is 35.1 Å². The molecule has 0 spiro atoms. The lowest BCUT2D eigenvalue weighted by molar-refractivity contribution is -0.146. The van der Waals surface area contributed by atoms with E-state index in [0.29, 0.717) is 30.8 Å². The lowest BCUT2D eigenvalue weighted by Gasteiger charge is -2.24. The van der Waals surface area contributed by atoms with E-state index in [-0.39, 0.29) is 28.7 Å².